The summed E-state index contributed by atoms with van der Waals surface area (Å²) >= 11 is 3.38. The van der Waals surface area contributed by atoms with Crippen molar-refractivity contribution in [2.45, 2.75) is 12.8 Å². The van der Waals surface area contributed by atoms with E-state index in [-0.39, 0.29) is 0 Å². The fraction of sp³-hybridized carbons (Fsp3) is 0.778. The van der Waals surface area contributed by atoms with E-state index < -0.39 is 0 Å². The smallest absolute Gasteiger partial charge is 0.151 e. The summed E-state index contributed by atoms with van der Waals surface area (Å²) in [6.45, 7) is 2.65. The first-order chi connectivity index (χ1) is 7.25. The molecule has 0 radical (unpaired) electrons. The lowest BCUT2D eigenvalue weighted by Crippen LogP contribution is -2.20. The number of hydrogen-bond acceptors (Lipinski definition) is 4. The second-order valence-corrected chi connectivity index (χ2v) is 4.05. The van der Waals surface area contributed by atoms with Crippen LogP contribution in [0.15, 0.2) is 4.60 Å². The van der Waals surface area contributed by atoms with Crippen molar-refractivity contribution in [3.63, 3.8) is 0 Å². The minimum Gasteiger partial charge on any atom is -0.383 e. The van der Waals surface area contributed by atoms with Gasteiger partial charge < -0.3 is 10.1 Å². The summed E-state index contributed by atoms with van der Waals surface area (Å²) in [5.74, 6) is 0. The molecule has 1 aromatic heterocycles. The third-order valence-electron chi connectivity index (χ3n) is 2.15. The van der Waals surface area contributed by atoms with Gasteiger partial charge in [0.2, 0.25) is 0 Å². The summed E-state index contributed by atoms with van der Waals surface area (Å²) in [6.07, 6.45) is 2.05. The van der Waals surface area contributed by atoms with Crippen LogP contribution in [0.4, 0.5) is 0 Å². The molecule has 1 rings (SSSR count). The Morgan fingerprint density at radius 3 is 2.87 bits per heavy atom. The Bertz CT molecular complexity index is 270. The Kier molecular flexibility index (Phi) is 5.82. The third kappa shape index (κ3) is 4.27. The van der Waals surface area contributed by atoms with Crippen molar-refractivity contribution < 1.29 is 4.74 Å². The minimum absolute atomic E-state index is 0.761. The van der Waals surface area contributed by atoms with Gasteiger partial charge in [-0.05, 0) is 35.3 Å². The molecule has 5 nitrogen and oxygen atoms in total. The highest BCUT2D eigenvalue weighted by Gasteiger charge is 2.06. The molecule has 6 heteroatoms. The summed E-state index contributed by atoms with van der Waals surface area (Å²) in [5.41, 5.74) is 1.14. The van der Waals surface area contributed by atoms with Crippen LogP contribution in [0.2, 0.25) is 0 Å². The molecule has 1 heterocycles. The van der Waals surface area contributed by atoms with Gasteiger partial charge in [0.25, 0.3) is 0 Å². The predicted molar refractivity (Wildman–Crippen MR) is 61.8 cm³/mol. The first-order valence-corrected chi connectivity index (χ1v) is 5.78. The van der Waals surface area contributed by atoms with Gasteiger partial charge in [-0.3, -0.25) is 4.68 Å². The maximum absolute atomic E-state index is 4.94. The van der Waals surface area contributed by atoms with E-state index in [0.717, 1.165) is 42.8 Å². The fourth-order valence-corrected chi connectivity index (χ4v) is 1.82. The topological polar surface area (TPSA) is 52.0 Å². The number of aromatic nitrogens is 3. The Morgan fingerprint density at radius 2 is 2.27 bits per heavy atom. The third-order valence-corrected chi connectivity index (χ3v) is 2.76. The molecule has 1 N–H and O–H groups in total. The monoisotopic (exact) mass is 276 g/mol. The predicted octanol–water partition coefficient (Wildman–Crippen LogP) is 0.746. The van der Waals surface area contributed by atoms with Gasteiger partial charge in [-0.2, -0.15) is 0 Å². The summed E-state index contributed by atoms with van der Waals surface area (Å²) < 4.78 is 7.59. The van der Waals surface area contributed by atoms with Crippen LogP contribution in [0.1, 0.15) is 12.1 Å². The Morgan fingerprint density at radius 1 is 1.47 bits per heavy atom. The van der Waals surface area contributed by atoms with Crippen molar-refractivity contribution in [3.05, 3.63) is 10.3 Å². The quantitative estimate of drug-likeness (QED) is 0.747. The van der Waals surface area contributed by atoms with Gasteiger partial charge in [-0.15, -0.1) is 5.10 Å². The summed E-state index contributed by atoms with van der Waals surface area (Å²) in [4.78, 5) is 0. The molecule has 0 aromatic carbocycles. The van der Waals surface area contributed by atoms with Crippen molar-refractivity contribution >= 4 is 15.9 Å². The zero-order chi connectivity index (χ0) is 11.1. The SMILES string of the molecule is COCCNCCCc1c(Br)nnn1C. The molecule has 0 bridgehead atoms. The van der Waals surface area contributed by atoms with Gasteiger partial charge in [-0.1, -0.05) is 5.21 Å². The Balaban J connectivity index is 2.15. The van der Waals surface area contributed by atoms with Crippen molar-refractivity contribution in [3.8, 4) is 0 Å². The molecule has 0 aliphatic heterocycles. The molecule has 0 unspecified atom stereocenters. The number of rotatable bonds is 7. The van der Waals surface area contributed by atoms with E-state index in [4.69, 9.17) is 4.74 Å². The molecular formula is C9H17BrN4O. The average molecular weight is 277 g/mol. The summed E-state index contributed by atoms with van der Waals surface area (Å²) in [7, 11) is 3.62. The van der Waals surface area contributed by atoms with Gasteiger partial charge in [-0.25, -0.2) is 0 Å². The van der Waals surface area contributed by atoms with Crippen LogP contribution < -0.4 is 5.32 Å². The number of ether oxygens (including phenoxy) is 1. The second-order valence-electron chi connectivity index (χ2n) is 3.30. The van der Waals surface area contributed by atoms with E-state index in [2.05, 4.69) is 31.6 Å². The number of methoxy groups -OCH3 is 1. The molecule has 0 saturated heterocycles. The number of halogens is 1. The lowest BCUT2D eigenvalue weighted by molar-refractivity contribution is 0.199. The van der Waals surface area contributed by atoms with Crippen LogP contribution in [0.3, 0.4) is 0 Å². The number of aryl methyl sites for hydroxylation is 1. The van der Waals surface area contributed by atoms with Gasteiger partial charge in [0.05, 0.1) is 12.3 Å². The van der Waals surface area contributed by atoms with E-state index in [1.165, 1.54) is 0 Å². The fourth-order valence-electron chi connectivity index (χ4n) is 1.30. The van der Waals surface area contributed by atoms with Crippen LogP contribution in [0, 0.1) is 0 Å². The molecule has 15 heavy (non-hydrogen) atoms. The maximum Gasteiger partial charge on any atom is 0.151 e. The minimum atomic E-state index is 0.761. The molecule has 0 fully saturated rings. The van der Waals surface area contributed by atoms with Gasteiger partial charge in [0.15, 0.2) is 4.60 Å². The molecule has 86 valence electrons. The highest BCUT2D eigenvalue weighted by Crippen LogP contribution is 2.12. The van der Waals surface area contributed by atoms with E-state index in [0.29, 0.717) is 0 Å². The van der Waals surface area contributed by atoms with Crippen LogP contribution in [0.25, 0.3) is 0 Å². The van der Waals surface area contributed by atoms with Gasteiger partial charge in [0, 0.05) is 20.7 Å². The lowest BCUT2D eigenvalue weighted by Gasteiger charge is -2.04. The highest BCUT2D eigenvalue weighted by molar-refractivity contribution is 9.10. The number of nitrogens with one attached hydrogen (secondary N) is 1. The zero-order valence-corrected chi connectivity index (χ0v) is 10.7. The van der Waals surface area contributed by atoms with Crippen molar-refractivity contribution in [1.29, 1.82) is 0 Å². The van der Waals surface area contributed by atoms with Gasteiger partial charge in [0.1, 0.15) is 0 Å². The van der Waals surface area contributed by atoms with E-state index in [1.807, 2.05) is 7.05 Å². The van der Waals surface area contributed by atoms with E-state index in [9.17, 15) is 0 Å². The first kappa shape index (κ1) is 12.6. The molecule has 1 aromatic rings. The summed E-state index contributed by atoms with van der Waals surface area (Å²) in [6, 6.07) is 0. The molecule has 0 spiro atoms. The van der Waals surface area contributed by atoms with Crippen molar-refractivity contribution in [2.24, 2.45) is 7.05 Å². The normalized spacial score (nSPS) is 10.9. The van der Waals surface area contributed by atoms with Crippen LogP contribution in [0.5, 0.6) is 0 Å². The second kappa shape index (κ2) is 6.92. The molecule has 0 aliphatic rings. The van der Waals surface area contributed by atoms with Crippen LogP contribution in [-0.2, 0) is 18.2 Å². The molecule has 0 atom stereocenters. The first-order valence-electron chi connectivity index (χ1n) is 4.99. The van der Waals surface area contributed by atoms with Crippen LogP contribution in [-0.4, -0.2) is 41.8 Å². The highest BCUT2D eigenvalue weighted by atomic mass is 79.9. The molecule has 0 saturated carbocycles. The molecular weight excluding hydrogens is 260 g/mol. The van der Waals surface area contributed by atoms with Crippen LogP contribution >= 0.6 is 15.9 Å². The van der Waals surface area contributed by atoms with E-state index >= 15 is 0 Å². The maximum atomic E-state index is 4.94. The lowest BCUT2D eigenvalue weighted by atomic mass is 10.2. The van der Waals surface area contributed by atoms with E-state index in [1.54, 1.807) is 11.8 Å². The number of hydrogen-bond donors (Lipinski definition) is 1. The summed E-state index contributed by atoms with van der Waals surface area (Å²) in [5, 5.41) is 11.2. The Hall–Kier alpha value is -0.460. The zero-order valence-electron chi connectivity index (χ0n) is 9.16. The van der Waals surface area contributed by atoms with Crippen molar-refractivity contribution in [1.82, 2.24) is 20.3 Å². The largest absolute Gasteiger partial charge is 0.383 e. The number of nitrogens with zero attached hydrogens (tertiary/aromatic N) is 3. The molecule has 0 aliphatic carbocycles. The molecule has 0 amide bonds. The Labute approximate surface area is 98.3 Å². The van der Waals surface area contributed by atoms with Crippen molar-refractivity contribution in [2.75, 3.05) is 26.8 Å². The average Bonchev–Trinajstić information content (AvgIpc) is 2.54. The standard InChI is InChI=1S/C9H17BrN4O/c1-14-8(9(10)12-13-14)4-3-5-11-6-7-15-2/h11H,3-7H2,1-2H3. The van der Waals surface area contributed by atoms with Gasteiger partial charge >= 0.3 is 0 Å².